The molecule has 0 bridgehead atoms. The van der Waals surface area contributed by atoms with Gasteiger partial charge in [0.25, 0.3) is 0 Å². The fourth-order valence-corrected chi connectivity index (χ4v) is 3.12. The van der Waals surface area contributed by atoms with E-state index in [0.717, 1.165) is 17.1 Å². The Balaban J connectivity index is 1.65. The highest BCUT2D eigenvalue weighted by Gasteiger charge is 2.13. The third-order valence-electron chi connectivity index (χ3n) is 3.12. The maximum absolute atomic E-state index is 11.9. The van der Waals surface area contributed by atoms with Crippen LogP contribution in [0.15, 0.2) is 34.9 Å². The number of hydrogen-bond acceptors (Lipinski definition) is 8. The van der Waals surface area contributed by atoms with Crippen LogP contribution in [0.4, 0.5) is 5.13 Å². The van der Waals surface area contributed by atoms with Gasteiger partial charge in [0.15, 0.2) is 11.0 Å². The van der Waals surface area contributed by atoms with Gasteiger partial charge in [-0.1, -0.05) is 23.1 Å². The Kier molecular flexibility index (Phi) is 5.06. The highest BCUT2D eigenvalue weighted by atomic mass is 32.2. The minimum Gasteiger partial charge on any atom is -0.497 e. The molecule has 1 amide bonds. The molecule has 2 aromatic heterocycles. The summed E-state index contributed by atoms with van der Waals surface area (Å²) >= 11 is 2.58. The van der Waals surface area contributed by atoms with Crippen LogP contribution in [0.5, 0.6) is 5.75 Å². The molecule has 0 aliphatic carbocycles. The molecule has 0 aliphatic rings. The molecule has 0 saturated carbocycles. The Bertz CT molecular complexity index is 816. The van der Waals surface area contributed by atoms with E-state index in [2.05, 4.69) is 25.7 Å². The molecule has 0 spiro atoms. The van der Waals surface area contributed by atoms with Gasteiger partial charge in [-0.2, -0.15) is 0 Å². The zero-order chi connectivity index (χ0) is 16.9. The molecule has 24 heavy (non-hydrogen) atoms. The smallest absolute Gasteiger partial charge is 0.236 e. The summed E-state index contributed by atoms with van der Waals surface area (Å²) in [5, 5.41) is 19.6. The van der Waals surface area contributed by atoms with Gasteiger partial charge in [0, 0.05) is 12.6 Å². The van der Waals surface area contributed by atoms with Gasteiger partial charge in [-0.05, 0) is 24.3 Å². The van der Waals surface area contributed by atoms with Crippen LogP contribution in [-0.4, -0.2) is 43.7 Å². The number of amides is 1. The highest BCUT2D eigenvalue weighted by molar-refractivity contribution is 7.99. The van der Waals surface area contributed by atoms with Gasteiger partial charge in [0.05, 0.1) is 12.9 Å². The molecular weight excluding hydrogens is 348 g/mol. The van der Waals surface area contributed by atoms with Crippen LogP contribution in [-0.2, 0) is 11.8 Å². The molecule has 0 fully saturated rings. The molecule has 2 heterocycles. The van der Waals surface area contributed by atoms with Crippen molar-refractivity contribution in [3.63, 3.8) is 0 Å². The quantitative estimate of drug-likeness (QED) is 0.671. The van der Waals surface area contributed by atoms with Crippen molar-refractivity contribution in [2.75, 3.05) is 18.2 Å². The van der Waals surface area contributed by atoms with E-state index in [1.54, 1.807) is 12.6 Å². The lowest BCUT2D eigenvalue weighted by Crippen LogP contribution is -2.14. The Morgan fingerprint density at radius 1 is 1.29 bits per heavy atom. The summed E-state index contributed by atoms with van der Waals surface area (Å²) in [6, 6.07) is 7.57. The molecule has 3 rings (SSSR count). The number of methoxy groups -OCH3 is 1. The highest BCUT2D eigenvalue weighted by Crippen LogP contribution is 2.24. The van der Waals surface area contributed by atoms with Crippen molar-refractivity contribution in [1.82, 2.24) is 25.0 Å². The van der Waals surface area contributed by atoms with Crippen LogP contribution in [0, 0.1) is 0 Å². The Morgan fingerprint density at radius 2 is 2.08 bits per heavy atom. The van der Waals surface area contributed by atoms with Crippen LogP contribution >= 0.6 is 23.1 Å². The fourth-order valence-electron chi connectivity index (χ4n) is 1.95. The number of benzene rings is 1. The molecule has 124 valence electrons. The largest absolute Gasteiger partial charge is 0.497 e. The third kappa shape index (κ3) is 3.71. The number of nitrogens with zero attached hydrogens (tertiary/aromatic N) is 5. The second kappa shape index (κ2) is 7.41. The van der Waals surface area contributed by atoms with Crippen molar-refractivity contribution < 1.29 is 9.53 Å². The monoisotopic (exact) mass is 362 g/mol. The molecular formula is C14H14N6O2S2. The van der Waals surface area contributed by atoms with Gasteiger partial charge in [-0.3, -0.25) is 10.1 Å². The third-order valence-corrected chi connectivity index (χ3v) is 4.75. The predicted octanol–water partition coefficient (Wildman–Crippen LogP) is 2.07. The molecule has 0 radical (unpaired) electrons. The van der Waals surface area contributed by atoms with Gasteiger partial charge >= 0.3 is 0 Å². The molecule has 0 unspecified atom stereocenters. The summed E-state index contributed by atoms with van der Waals surface area (Å²) in [6.45, 7) is 0. The number of ether oxygens (including phenoxy) is 1. The number of aromatic nitrogens is 5. The maximum Gasteiger partial charge on any atom is 0.236 e. The second-order valence-electron chi connectivity index (χ2n) is 4.67. The lowest BCUT2D eigenvalue weighted by atomic mass is 10.2. The molecule has 0 aliphatic heterocycles. The minimum atomic E-state index is -0.161. The number of carbonyl (C=O) groups excluding carboxylic acids is 1. The standard InChI is InChI=1S/C14H14N6O2S2/c1-20-12(9-3-5-10(22-2)6-4-9)17-19-14(20)23-7-11(21)16-13-18-15-8-24-13/h3-6,8H,7H2,1-2H3,(H,16,18,21). The minimum absolute atomic E-state index is 0.161. The van der Waals surface area contributed by atoms with E-state index in [1.165, 1.54) is 23.1 Å². The first kappa shape index (κ1) is 16.4. The van der Waals surface area contributed by atoms with Gasteiger partial charge in [0.1, 0.15) is 11.3 Å². The first-order valence-electron chi connectivity index (χ1n) is 6.90. The summed E-state index contributed by atoms with van der Waals surface area (Å²) in [5.41, 5.74) is 2.49. The van der Waals surface area contributed by atoms with E-state index < -0.39 is 0 Å². The van der Waals surface area contributed by atoms with Crippen LogP contribution in [0.1, 0.15) is 0 Å². The van der Waals surface area contributed by atoms with Gasteiger partial charge in [-0.15, -0.1) is 20.4 Å². The van der Waals surface area contributed by atoms with E-state index in [9.17, 15) is 4.79 Å². The van der Waals surface area contributed by atoms with Crippen molar-refractivity contribution in [3.8, 4) is 17.1 Å². The number of rotatable bonds is 6. The van der Waals surface area contributed by atoms with Crippen molar-refractivity contribution >= 4 is 34.1 Å². The van der Waals surface area contributed by atoms with Crippen molar-refractivity contribution in [2.45, 2.75) is 5.16 Å². The molecule has 1 aromatic carbocycles. The topological polar surface area (TPSA) is 94.8 Å². The molecule has 0 atom stereocenters. The molecule has 10 heteroatoms. The number of anilines is 1. The number of hydrogen-bond donors (Lipinski definition) is 1. The average molecular weight is 362 g/mol. The van der Waals surface area contributed by atoms with E-state index >= 15 is 0 Å². The summed E-state index contributed by atoms with van der Waals surface area (Å²) in [4.78, 5) is 11.9. The fraction of sp³-hybridized carbons (Fsp3) is 0.214. The van der Waals surface area contributed by atoms with Crippen molar-refractivity contribution in [2.24, 2.45) is 7.05 Å². The maximum atomic E-state index is 11.9. The second-order valence-corrected chi connectivity index (χ2v) is 6.45. The Labute approximate surface area is 146 Å². The zero-order valence-corrected chi connectivity index (χ0v) is 14.6. The van der Waals surface area contributed by atoms with Crippen LogP contribution in [0.3, 0.4) is 0 Å². The van der Waals surface area contributed by atoms with Gasteiger partial charge in [0.2, 0.25) is 11.0 Å². The van der Waals surface area contributed by atoms with E-state index in [1.807, 2.05) is 35.9 Å². The van der Waals surface area contributed by atoms with Gasteiger partial charge < -0.3 is 9.30 Å². The first-order valence-corrected chi connectivity index (χ1v) is 8.76. The average Bonchev–Trinajstić information content (AvgIpc) is 3.23. The molecule has 8 nitrogen and oxygen atoms in total. The lowest BCUT2D eigenvalue weighted by Gasteiger charge is -2.05. The molecule has 1 N–H and O–H groups in total. The van der Waals surface area contributed by atoms with Crippen molar-refractivity contribution in [3.05, 3.63) is 29.8 Å². The van der Waals surface area contributed by atoms with E-state index in [-0.39, 0.29) is 11.7 Å². The van der Waals surface area contributed by atoms with Crippen molar-refractivity contribution in [1.29, 1.82) is 0 Å². The number of carbonyl (C=O) groups is 1. The predicted molar refractivity (Wildman–Crippen MR) is 92.3 cm³/mol. The van der Waals surface area contributed by atoms with Crippen LogP contribution in [0.2, 0.25) is 0 Å². The SMILES string of the molecule is COc1ccc(-c2nnc(SCC(=O)Nc3nncs3)n2C)cc1. The van der Waals surface area contributed by atoms with E-state index in [0.29, 0.717) is 10.3 Å². The first-order chi connectivity index (χ1) is 11.7. The summed E-state index contributed by atoms with van der Waals surface area (Å²) < 4.78 is 7.00. The summed E-state index contributed by atoms with van der Waals surface area (Å²) in [6.07, 6.45) is 0. The number of nitrogens with one attached hydrogen (secondary N) is 1. The Hall–Kier alpha value is -2.46. The van der Waals surface area contributed by atoms with Crippen LogP contribution < -0.4 is 10.1 Å². The lowest BCUT2D eigenvalue weighted by molar-refractivity contribution is -0.113. The Morgan fingerprint density at radius 3 is 2.75 bits per heavy atom. The normalized spacial score (nSPS) is 10.6. The summed E-state index contributed by atoms with van der Waals surface area (Å²) in [7, 11) is 3.49. The zero-order valence-electron chi connectivity index (χ0n) is 13.0. The van der Waals surface area contributed by atoms with Gasteiger partial charge in [-0.25, -0.2) is 0 Å². The van der Waals surface area contributed by atoms with Crippen LogP contribution in [0.25, 0.3) is 11.4 Å². The number of thioether (sulfide) groups is 1. The molecule has 3 aromatic rings. The summed E-state index contributed by atoms with van der Waals surface area (Å²) in [5.74, 6) is 1.56. The van der Waals surface area contributed by atoms with E-state index in [4.69, 9.17) is 4.74 Å². The molecule has 0 saturated heterocycles.